The van der Waals surface area contributed by atoms with Gasteiger partial charge in [-0.3, -0.25) is 9.59 Å². The second-order valence-electron chi connectivity index (χ2n) is 7.97. The molecule has 3 aromatic rings. The van der Waals surface area contributed by atoms with Crippen LogP contribution in [0.15, 0.2) is 23.0 Å². The first kappa shape index (κ1) is 22.8. The van der Waals surface area contributed by atoms with Crippen molar-refractivity contribution in [2.24, 2.45) is 5.92 Å². The standard InChI is InChI=1S/C22H27N5O5S/c1-13-6-5-7-26(12-13)22-25-27-15(10-18(28)24-21(27)33-22)20(29)23-11-14-8-16(30-2)19(32-4)17(9-14)31-3/h8-10,13H,5-7,11-12H2,1-4H3,(H,23,29)/t13-/m1/s1. The molecule has 0 unspecified atom stereocenters. The van der Waals surface area contributed by atoms with Crippen molar-refractivity contribution in [3.05, 3.63) is 39.8 Å². The van der Waals surface area contributed by atoms with Crippen LogP contribution in [0.4, 0.5) is 5.13 Å². The molecule has 2 aromatic heterocycles. The van der Waals surface area contributed by atoms with E-state index in [9.17, 15) is 9.59 Å². The topological polar surface area (TPSA) is 107 Å². The summed E-state index contributed by atoms with van der Waals surface area (Å²) in [7, 11) is 4.59. The lowest BCUT2D eigenvalue weighted by atomic mass is 10.0. The Morgan fingerprint density at radius 1 is 1.18 bits per heavy atom. The summed E-state index contributed by atoms with van der Waals surface area (Å²) in [5, 5.41) is 8.21. The van der Waals surface area contributed by atoms with Gasteiger partial charge in [-0.2, -0.15) is 9.50 Å². The fraction of sp³-hybridized carbons (Fsp3) is 0.455. The predicted molar refractivity (Wildman–Crippen MR) is 125 cm³/mol. The molecule has 0 bridgehead atoms. The SMILES string of the molecule is COc1cc(CNC(=O)c2cc(=O)nc3sc(N4CCC[C@@H](C)C4)nn23)cc(OC)c1OC. The Labute approximate surface area is 195 Å². The van der Waals surface area contributed by atoms with Gasteiger partial charge >= 0.3 is 0 Å². The maximum atomic E-state index is 13.0. The maximum absolute atomic E-state index is 13.0. The van der Waals surface area contributed by atoms with Gasteiger partial charge in [-0.25, -0.2) is 0 Å². The lowest BCUT2D eigenvalue weighted by Gasteiger charge is -2.30. The Balaban J connectivity index is 1.59. The third-order valence-corrected chi connectivity index (χ3v) is 6.55. The summed E-state index contributed by atoms with van der Waals surface area (Å²) in [4.78, 5) is 31.8. The molecule has 1 N–H and O–H groups in total. The number of nitrogens with one attached hydrogen (secondary N) is 1. The number of nitrogens with zero attached hydrogens (tertiary/aromatic N) is 4. The number of aromatic nitrogens is 3. The van der Waals surface area contributed by atoms with Crippen LogP contribution in [0.25, 0.3) is 4.96 Å². The highest BCUT2D eigenvalue weighted by molar-refractivity contribution is 7.20. The number of rotatable bonds is 7. The number of fused-ring (bicyclic) bond motifs is 1. The van der Waals surface area contributed by atoms with E-state index in [1.54, 1.807) is 12.1 Å². The number of carbonyl (C=O) groups is 1. The summed E-state index contributed by atoms with van der Waals surface area (Å²) < 4.78 is 17.5. The van der Waals surface area contributed by atoms with Crippen molar-refractivity contribution in [1.82, 2.24) is 19.9 Å². The summed E-state index contributed by atoms with van der Waals surface area (Å²) in [6.07, 6.45) is 2.27. The highest BCUT2D eigenvalue weighted by atomic mass is 32.1. The monoisotopic (exact) mass is 473 g/mol. The first-order valence-corrected chi connectivity index (χ1v) is 11.5. The average Bonchev–Trinajstić information content (AvgIpc) is 3.25. The minimum absolute atomic E-state index is 0.144. The first-order valence-electron chi connectivity index (χ1n) is 10.7. The summed E-state index contributed by atoms with van der Waals surface area (Å²) in [6, 6.07) is 4.72. The molecule has 0 aliphatic carbocycles. The number of piperidine rings is 1. The third kappa shape index (κ3) is 4.72. The van der Waals surface area contributed by atoms with E-state index >= 15 is 0 Å². The van der Waals surface area contributed by atoms with E-state index in [0.717, 1.165) is 30.2 Å². The lowest BCUT2D eigenvalue weighted by Crippen LogP contribution is -2.34. The number of ether oxygens (including phenoxy) is 3. The van der Waals surface area contributed by atoms with E-state index in [4.69, 9.17) is 14.2 Å². The van der Waals surface area contributed by atoms with E-state index < -0.39 is 11.5 Å². The largest absolute Gasteiger partial charge is 0.493 e. The molecule has 1 saturated heterocycles. The van der Waals surface area contributed by atoms with Crippen LogP contribution < -0.4 is 30.0 Å². The zero-order valence-corrected chi connectivity index (χ0v) is 19.9. The van der Waals surface area contributed by atoms with Crippen molar-refractivity contribution < 1.29 is 19.0 Å². The van der Waals surface area contributed by atoms with Gasteiger partial charge in [0.2, 0.25) is 15.8 Å². The molecule has 1 aromatic carbocycles. The number of hydrogen-bond donors (Lipinski definition) is 1. The molecule has 0 spiro atoms. The Morgan fingerprint density at radius 3 is 2.55 bits per heavy atom. The van der Waals surface area contributed by atoms with Crippen molar-refractivity contribution in [3.8, 4) is 17.2 Å². The average molecular weight is 474 g/mol. The summed E-state index contributed by atoms with van der Waals surface area (Å²) >= 11 is 1.32. The number of anilines is 1. The molecule has 1 aliphatic heterocycles. The number of methoxy groups -OCH3 is 3. The number of amides is 1. The van der Waals surface area contributed by atoms with E-state index in [1.165, 1.54) is 49.7 Å². The molecule has 10 nitrogen and oxygen atoms in total. The van der Waals surface area contributed by atoms with Gasteiger partial charge < -0.3 is 24.4 Å². The van der Waals surface area contributed by atoms with Gasteiger partial charge in [0.05, 0.1) is 21.3 Å². The van der Waals surface area contributed by atoms with Gasteiger partial charge in [-0.1, -0.05) is 18.3 Å². The summed E-state index contributed by atoms with van der Waals surface area (Å²) in [5.74, 6) is 1.59. The zero-order chi connectivity index (χ0) is 23.5. The van der Waals surface area contributed by atoms with Crippen molar-refractivity contribution in [1.29, 1.82) is 0 Å². The fourth-order valence-corrected chi connectivity index (χ4v) is 4.91. The van der Waals surface area contributed by atoms with Gasteiger partial charge in [-0.15, -0.1) is 5.10 Å². The summed E-state index contributed by atoms with van der Waals surface area (Å²) in [6.45, 7) is 4.20. The van der Waals surface area contributed by atoms with Crippen molar-refractivity contribution in [2.75, 3.05) is 39.3 Å². The van der Waals surface area contributed by atoms with E-state index in [-0.39, 0.29) is 12.2 Å². The van der Waals surface area contributed by atoms with Gasteiger partial charge in [0.1, 0.15) is 5.69 Å². The zero-order valence-electron chi connectivity index (χ0n) is 19.1. The lowest BCUT2D eigenvalue weighted by molar-refractivity contribution is 0.0943. The van der Waals surface area contributed by atoms with Crippen LogP contribution in [0.5, 0.6) is 17.2 Å². The molecule has 176 valence electrons. The number of hydrogen-bond acceptors (Lipinski definition) is 9. The number of benzene rings is 1. The van der Waals surface area contributed by atoms with Gasteiger partial charge in [0.15, 0.2) is 11.5 Å². The molecular formula is C22H27N5O5S. The Morgan fingerprint density at radius 2 is 1.91 bits per heavy atom. The van der Waals surface area contributed by atoms with Gasteiger partial charge in [0, 0.05) is 25.7 Å². The molecule has 4 rings (SSSR count). The molecule has 11 heteroatoms. The van der Waals surface area contributed by atoms with E-state index in [1.807, 2.05) is 0 Å². The van der Waals surface area contributed by atoms with Gasteiger partial charge in [0.25, 0.3) is 11.5 Å². The van der Waals surface area contributed by atoms with Crippen LogP contribution in [0, 0.1) is 5.92 Å². The van der Waals surface area contributed by atoms with E-state index in [0.29, 0.717) is 28.1 Å². The highest BCUT2D eigenvalue weighted by Crippen LogP contribution is 2.38. The molecule has 0 radical (unpaired) electrons. The Kier molecular flexibility index (Phi) is 6.68. The van der Waals surface area contributed by atoms with Crippen LogP contribution >= 0.6 is 11.3 Å². The quantitative estimate of drug-likeness (QED) is 0.557. The third-order valence-electron chi connectivity index (χ3n) is 5.58. The maximum Gasteiger partial charge on any atom is 0.274 e. The second-order valence-corrected chi connectivity index (χ2v) is 8.90. The molecular weight excluding hydrogens is 446 g/mol. The van der Waals surface area contributed by atoms with Crippen LogP contribution in [0.1, 0.15) is 35.8 Å². The first-order chi connectivity index (χ1) is 15.9. The number of carbonyl (C=O) groups excluding carboxylic acids is 1. The molecule has 33 heavy (non-hydrogen) atoms. The minimum Gasteiger partial charge on any atom is -0.493 e. The van der Waals surface area contributed by atoms with Crippen LogP contribution in [0.2, 0.25) is 0 Å². The Bertz CT molecular complexity index is 1200. The smallest absolute Gasteiger partial charge is 0.274 e. The predicted octanol–water partition coefficient (Wildman–Crippen LogP) is 2.34. The van der Waals surface area contributed by atoms with Crippen molar-refractivity contribution in [2.45, 2.75) is 26.3 Å². The van der Waals surface area contributed by atoms with E-state index in [2.05, 4.69) is 27.2 Å². The molecule has 3 heterocycles. The van der Waals surface area contributed by atoms with Crippen molar-refractivity contribution in [3.63, 3.8) is 0 Å². The van der Waals surface area contributed by atoms with Crippen LogP contribution in [-0.4, -0.2) is 54.9 Å². The van der Waals surface area contributed by atoms with Gasteiger partial charge in [-0.05, 0) is 36.5 Å². The molecule has 1 fully saturated rings. The van der Waals surface area contributed by atoms with Crippen LogP contribution in [0.3, 0.4) is 0 Å². The van der Waals surface area contributed by atoms with Crippen LogP contribution in [-0.2, 0) is 6.54 Å². The minimum atomic E-state index is -0.477. The second kappa shape index (κ2) is 9.65. The molecule has 0 saturated carbocycles. The molecule has 1 aliphatic rings. The summed E-state index contributed by atoms with van der Waals surface area (Å²) in [5.41, 5.74) is 0.414. The molecule has 1 atom stereocenters. The fourth-order valence-electron chi connectivity index (χ4n) is 3.97. The highest BCUT2D eigenvalue weighted by Gasteiger charge is 2.22. The normalized spacial score (nSPS) is 16.0. The van der Waals surface area contributed by atoms with Crippen molar-refractivity contribution >= 4 is 27.3 Å². The molecule has 1 amide bonds. The Hall–Kier alpha value is -3.34.